The number of hydrogen-bond donors (Lipinski definition) is 2. The molecule has 0 bridgehead atoms. The summed E-state index contributed by atoms with van der Waals surface area (Å²) in [6.45, 7) is 3.60. The predicted molar refractivity (Wildman–Crippen MR) is 58.1 cm³/mol. The highest BCUT2D eigenvalue weighted by molar-refractivity contribution is 5.71. The minimum atomic E-state index is -0.786. The maximum Gasteiger partial charge on any atom is 0.407 e. The molecule has 5 heteroatoms. The maximum absolute atomic E-state index is 11.2. The number of alkyl carbamates (subject to hydrolysis) is 1. The molecule has 1 amide bonds. The van der Waals surface area contributed by atoms with Gasteiger partial charge >= 0.3 is 12.1 Å². The number of hydrogen-bond acceptors (Lipinski definition) is 3. The number of carboxylic acids is 1. The van der Waals surface area contributed by atoms with Gasteiger partial charge in [0.25, 0.3) is 0 Å². The molecule has 1 aliphatic carbocycles. The summed E-state index contributed by atoms with van der Waals surface area (Å²) in [4.78, 5) is 22.0. The number of aliphatic carboxylic acids is 1. The lowest BCUT2D eigenvalue weighted by Gasteiger charge is -2.26. The number of amides is 1. The Bertz CT molecular complexity index is 277. The van der Waals surface area contributed by atoms with Gasteiger partial charge in [-0.25, -0.2) is 4.79 Å². The first-order chi connectivity index (χ1) is 7.63. The monoisotopic (exact) mass is 227 g/mol. The van der Waals surface area contributed by atoms with Gasteiger partial charge in [-0.2, -0.15) is 0 Å². The zero-order chi connectivity index (χ0) is 12.0. The summed E-state index contributed by atoms with van der Waals surface area (Å²) < 4.78 is 4.77. The molecule has 1 fully saturated rings. The van der Waals surface area contributed by atoms with Crippen molar-refractivity contribution in [3.63, 3.8) is 0 Å². The second-order valence-corrected chi connectivity index (χ2v) is 3.93. The first-order valence-corrected chi connectivity index (χ1v) is 5.40. The largest absolute Gasteiger partial charge is 0.481 e. The van der Waals surface area contributed by atoms with Crippen LogP contribution in [0.3, 0.4) is 0 Å². The highest BCUT2D eigenvalue weighted by Gasteiger charge is 2.27. The van der Waals surface area contributed by atoms with Crippen LogP contribution in [-0.4, -0.2) is 29.8 Å². The number of nitrogens with one attached hydrogen (secondary N) is 1. The fraction of sp³-hybridized carbons (Fsp3) is 0.636. The van der Waals surface area contributed by atoms with E-state index in [0.717, 1.165) is 12.8 Å². The van der Waals surface area contributed by atoms with E-state index in [4.69, 9.17) is 9.84 Å². The molecule has 0 unspecified atom stereocenters. The normalized spacial score (nSPS) is 24.5. The third-order valence-corrected chi connectivity index (χ3v) is 2.68. The Hall–Kier alpha value is -1.52. The number of rotatable bonds is 4. The Morgan fingerprint density at radius 1 is 1.50 bits per heavy atom. The zero-order valence-electron chi connectivity index (χ0n) is 9.15. The van der Waals surface area contributed by atoms with Crippen LogP contribution < -0.4 is 5.32 Å². The van der Waals surface area contributed by atoms with Crippen LogP contribution >= 0.6 is 0 Å². The van der Waals surface area contributed by atoms with Crippen LogP contribution in [-0.2, 0) is 9.53 Å². The number of carboxylic acid groups (broad SMARTS) is 1. The molecule has 0 saturated heterocycles. The highest BCUT2D eigenvalue weighted by Crippen LogP contribution is 2.24. The second-order valence-electron chi connectivity index (χ2n) is 3.93. The van der Waals surface area contributed by atoms with Gasteiger partial charge in [0.1, 0.15) is 6.61 Å². The molecule has 2 N–H and O–H groups in total. The van der Waals surface area contributed by atoms with Gasteiger partial charge < -0.3 is 15.2 Å². The summed E-state index contributed by atoms with van der Waals surface area (Å²) in [5.41, 5.74) is 0. The molecule has 0 aromatic rings. The lowest BCUT2D eigenvalue weighted by molar-refractivity contribution is -0.143. The van der Waals surface area contributed by atoms with Crippen LogP contribution in [0.4, 0.5) is 4.79 Å². The SMILES string of the molecule is C=CCOC(=O)N[C@@H]1CCC[C@@H](C(=O)O)C1. The van der Waals surface area contributed by atoms with E-state index in [1.54, 1.807) is 0 Å². The number of carbonyl (C=O) groups is 2. The Morgan fingerprint density at radius 2 is 2.25 bits per heavy atom. The van der Waals surface area contributed by atoms with Gasteiger partial charge in [0.2, 0.25) is 0 Å². The number of carbonyl (C=O) groups excluding carboxylic acids is 1. The Kier molecular flexibility index (Phi) is 4.82. The third kappa shape index (κ3) is 3.92. The molecule has 1 saturated carbocycles. The second kappa shape index (κ2) is 6.15. The van der Waals surface area contributed by atoms with Crippen LogP contribution in [0.15, 0.2) is 12.7 Å². The van der Waals surface area contributed by atoms with Gasteiger partial charge in [-0.05, 0) is 19.3 Å². The molecule has 0 radical (unpaired) electrons. The average molecular weight is 227 g/mol. The molecule has 90 valence electrons. The quantitative estimate of drug-likeness (QED) is 0.714. The van der Waals surface area contributed by atoms with E-state index in [0.29, 0.717) is 12.8 Å². The fourth-order valence-electron chi connectivity index (χ4n) is 1.89. The van der Waals surface area contributed by atoms with Gasteiger partial charge in [0.15, 0.2) is 0 Å². The van der Waals surface area contributed by atoms with Gasteiger partial charge in [-0.1, -0.05) is 19.1 Å². The van der Waals surface area contributed by atoms with Gasteiger partial charge in [0.05, 0.1) is 5.92 Å². The summed E-state index contributed by atoms with van der Waals surface area (Å²) in [5, 5.41) is 11.5. The van der Waals surface area contributed by atoms with Crippen molar-refractivity contribution in [2.75, 3.05) is 6.61 Å². The summed E-state index contributed by atoms with van der Waals surface area (Å²) in [6, 6.07) is -0.0906. The summed E-state index contributed by atoms with van der Waals surface area (Å²) in [6.07, 6.45) is 3.79. The lowest BCUT2D eigenvalue weighted by Crippen LogP contribution is -2.40. The lowest BCUT2D eigenvalue weighted by atomic mass is 9.86. The van der Waals surface area contributed by atoms with Crippen molar-refractivity contribution in [2.24, 2.45) is 5.92 Å². The maximum atomic E-state index is 11.2. The molecule has 2 atom stereocenters. The van der Waals surface area contributed by atoms with Crippen molar-refractivity contribution in [2.45, 2.75) is 31.7 Å². The standard InChI is InChI=1S/C11H17NO4/c1-2-6-16-11(15)12-9-5-3-4-8(7-9)10(13)14/h2,8-9H,1,3-7H2,(H,12,15)(H,13,14)/t8-,9-/m1/s1. The first-order valence-electron chi connectivity index (χ1n) is 5.40. The van der Waals surface area contributed by atoms with E-state index < -0.39 is 12.1 Å². The van der Waals surface area contributed by atoms with Crippen molar-refractivity contribution >= 4 is 12.1 Å². The van der Waals surface area contributed by atoms with Gasteiger partial charge in [-0.15, -0.1) is 0 Å². The van der Waals surface area contributed by atoms with Crippen LogP contribution in [0.2, 0.25) is 0 Å². The van der Waals surface area contributed by atoms with Crippen LogP contribution in [0, 0.1) is 5.92 Å². The van der Waals surface area contributed by atoms with Crippen molar-refractivity contribution in [3.05, 3.63) is 12.7 Å². The first kappa shape index (κ1) is 12.5. The van der Waals surface area contributed by atoms with E-state index in [-0.39, 0.29) is 18.6 Å². The minimum Gasteiger partial charge on any atom is -0.481 e. The Balaban J connectivity index is 2.33. The fourth-order valence-corrected chi connectivity index (χ4v) is 1.89. The van der Waals surface area contributed by atoms with Crippen molar-refractivity contribution in [3.8, 4) is 0 Å². The van der Waals surface area contributed by atoms with E-state index in [1.165, 1.54) is 6.08 Å². The Morgan fingerprint density at radius 3 is 2.88 bits per heavy atom. The van der Waals surface area contributed by atoms with Crippen LogP contribution in [0.1, 0.15) is 25.7 Å². The molecule has 16 heavy (non-hydrogen) atoms. The molecule has 1 aliphatic rings. The summed E-state index contributed by atoms with van der Waals surface area (Å²) in [5.74, 6) is -1.13. The number of ether oxygens (including phenoxy) is 1. The molecular formula is C11H17NO4. The van der Waals surface area contributed by atoms with Crippen LogP contribution in [0.25, 0.3) is 0 Å². The molecule has 0 aromatic heterocycles. The summed E-state index contributed by atoms with van der Waals surface area (Å²) in [7, 11) is 0. The smallest absolute Gasteiger partial charge is 0.407 e. The molecule has 0 aromatic carbocycles. The predicted octanol–water partition coefficient (Wildman–Crippen LogP) is 1.54. The van der Waals surface area contributed by atoms with E-state index >= 15 is 0 Å². The third-order valence-electron chi connectivity index (χ3n) is 2.68. The van der Waals surface area contributed by atoms with Gasteiger partial charge in [0, 0.05) is 6.04 Å². The van der Waals surface area contributed by atoms with Crippen molar-refractivity contribution in [1.29, 1.82) is 0 Å². The molecule has 1 rings (SSSR count). The zero-order valence-corrected chi connectivity index (χ0v) is 9.15. The van der Waals surface area contributed by atoms with Crippen molar-refractivity contribution in [1.82, 2.24) is 5.32 Å². The molecule has 5 nitrogen and oxygen atoms in total. The summed E-state index contributed by atoms with van der Waals surface area (Å²) >= 11 is 0. The Labute approximate surface area is 94.5 Å². The van der Waals surface area contributed by atoms with E-state index in [9.17, 15) is 9.59 Å². The van der Waals surface area contributed by atoms with Crippen LogP contribution in [0.5, 0.6) is 0 Å². The van der Waals surface area contributed by atoms with Crippen molar-refractivity contribution < 1.29 is 19.4 Å². The molecule has 0 heterocycles. The van der Waals surface area contributed by atoms with E-state index in [1.807, 2.05) is 0 Å². The molecule has 0 spiro atoms. The minimum absolute atomic E-state index is 0.0906. The topological polar surface area (TPSA) is 75.6 Å². The highest BCUT2D eigenvalue weighted by atomic mass is 16.5. The average Bonchev–Trinajstić information content (AvgIpc) is 2.26. The molecule has 0 aliphatic heterocycles. The van der Waals surface area contributed by atoms with Gasteiger partial charge in [-0.3, -0.25) is 4.79 Å². The molecular weight excluding hydrogens is 210 g/mol. The van der Waals surface area contributed by atoms with E-state index in [2.05, 4.69) is 11.9 Å².